The molecular weight excluding hydrogens is 817 g/mol. The van der Waals surface area contributed by atoms with Crippen LogP contribution in [0.5, 0.6) is 0 Å². The maximum Gasteiger partial charge on any atom is 0.00528 e. The summed E-state index contributed by atoms with van der Waals surface area (Å²) in [7, 11) is 0. The Morgan fingerprint density at radius 2 is 1.09 bits per heavy atom. The first-order chi connectivity index (χ1) is 33.2. The summed E-state index contributed by atoms with van der Waals surface area (Å²) in [6.45, 7) is 22.3. The first kappa shape index (κ1) is 50.1. The van der Waals surface area contributed by atoms with Crippen LogP contribution in [-0.4, -0.2) is 0 Å². The van der Waals surface area contributed by atoms with Gasteiger partial charge in [0.1, 0.15) is 0 Å². The normalized spacial score (nSPS) is 14.0. The SMILES string of the molecule is C/C=C(\C)c1ccc(C)cc1.C=CC(=C)c1ccc2c(c1)-c1ccccc1C2.CC.Cc1ccc(-c2cccc(-c3ccccc3)c2)cc1.Cc1ccc(C2=CCC(C3=CCCC=C3)C=C2)cc1. The van der Waals surface area contributed by atoms with Crippen molar-refractivity contribution in [2.45, 2.75) is 74.1 Å². The molecule has 0 saturated carbocycles. The van der Waals surface area contributed by atoms with Crippen molar-refractivity contribution in [3.8, 4) is 33.4 Å². The molecule has 0 radical (unpaired) electrons. The number of rotatable bonds is 7. The van der Waals surface area contributed by atoms with Crippen LogP contribution in [0.25, 0.3) is 50.1 Å². The molecule has 0 aliphatic heterocycles. The molecule has 0 nitrogen and oxygen atoms in total. The minimum absolute atomic E-state index is 0.575. The highest BCUT2D eigenvalue weighted by molar-refractivity contribution is 5.82. The van der Waals surface area contributed by atoms with Gasteiger partial charge in [-0.25, -0.2) is 0 Å². The van der Waals surface area contributed by atoms with Crippen LogP contribution in [-0.2, 0) is 6.42 Å². The minimum Gasteiger partial charge on any atom is -0.0985 e. The maximum atomic E-state index is 4.01. The molecular formula is C68H70. The third-order valence-corrected chi connectivity index (χ3v) is 12.6. The Kier molecular flexibility index (Phi) is 18.9. The fraction of sp³-hybridized carbons (Fsp3) is 0.176. The molecule has 1 atom stereocenters. The van der Waals surface area contributed by atoms with E-state index in [-0.39, 0.29) is 0 Å². The molecule has 68 heavy (non-hydrogen) atoms. The van der Waals surface area contributed by atoms with E-state index in [9.17, 15) is 0 Å². The molecule has 0 N–H and O–H groups in total. The summed E-state index contributed by atoms with van der Waals surface area (Å²) in [6.07, 6.45) is 22.5. The van der Waals surface area contributed by atoms with Crippen LogP contribution in [0.15, 0.2) is 237 Å². The Balaban J connectivity index is 0.000000150. The lowest BCUT2D eigenvalue weighted by Gasteiger charge is -2.19. The first-order valence-corrected chi connectivity index (χ1v) is 24.5. The Labute approximate surface area is 409 Å². The van der Waals surface area contributed by atoms with E-state index in [1.165, 1.54) is 102 Å². The van der Waals surface area contributed by atoms with E-state index in [1.54, 1.807) is 0 Å². The summed E-state index contributed by atoms with van der Waals surface area (Å²) in [4.78, 5) is 0. The van der Waals surface area contributed by atoms with Gasteiger partial charge in [0.2, 0.25) is 0 Å². The molecule has 0 fully saturated rings. The van der Waals surface area contributed by atoms with Gasteiger partial charge in [0.25, 0.3) is 0 Å². The summed E-state index contributed by atoms with van der Waals surface area (Å²) < 4.78 is 0. The van der Waals surface area contributed by atoms with E-state index >= 15 is 0 Å². The molecule has 0 saturated heterocycles. The number of aryl methyl sites for hydroxylation is 3. The smallest absolute Gasteiger partial charge is 0.00528 e. The van der Waals surface area contributed by atoms with Gasteiger partial charge >= 0.3 is 0 Å². The zero-order chi connectivity index (χ0) is 48.3. The first-order valence-electron chi connectivity index (χ1n) is 24.5. The lowest BCUT2D eigenvalue weighted by molar-refractivity contribution is 0.773. The molecule has 3 aliphatic carbocycles. The number of hydrogen-bond donors (Lipinski definition) is 0. The molecule has 3 aliphatic rings. The van der Waals surface area contributed by atoms with Gasteiger partial charge in [-0.3, -0.25) is 0 Å². The van der Waals surface area contributed by atoms with Crippen molar-refractivity contribution in [3.05, 3.63) is 282 Å². The van der Waals surface area contributed by atoms with Crippen LogP contribution >= 0.6 is 0 Å². The largest absolute Gasteiger partial charge is 0.0985 e. The second-order valence-corrected chi connectivity index (χ2v) is 17.5. The molecule has 0 heteroatoms. The van der Waals surface area contributed by atoms with E-state index in [4.69, 9.17) is 0 Å². The van der Waals surface area contributed by atoms with Gasteiger partial charge in [-0.1, -0.05) is 250 Å². The Morgan fingerprint density at radius 1 is 0.529 bits per heavy atom. The van der Waals surface area contributed by atoms with Crippen molar-refractivity contribution in [3.63, 3.8) is 0 Å². The predicted octanol–water partition coefficient (Wildman–Crippen LogP) is 19.5. The Hall–Kier alpha value is -7.28. The highest BCUT2D eigenvalue weighted by Crippen LogP contribution is 2.38. The summed E-state index contributed by atoms with van der Waals surface area (Å²) in [5.74, 6) is 0.575. The molecule has 7 aromatic carbocycles. The molecule has 0 heterocycles. The van der Waals surface area contributed by atoms with Crippen LogP contribution in [0.3, 0.4) is 0 Å². The fourth-order valence-electron chi connectivity index (χ4n) is 8.42. The lowest BCUT2D eigenvalue weighted by atomic mass is 9.86. The Morgan fingerprint density at radius 3 is 1.68 bits per heavy atom. The van der Waals surface area contributed by atoms with Crippen LogP contribution in [0.1, 0.15) is 91.5 Å². The number of fused-ring (bicyclic) bond motifs is 3. The third-order valence-electron chi connectivity index (χ3n) is 12.6. The van der Waals surface area contributed by atoms with Crippen molar-refractivity contribution in [1.82, 2.24) is 0 Å². The maximum absolute atomic E-state index is 4.01. The number of allylic oxidation sites excluding steroid dienone is 12. The van der Waals surface area contributed by atoms with E-state index in [2.05, 4.69) is 254 Å². The zero-order valence-corrected chi connectivity index (χ0v) is 41.6. The highest BCUT2D eigenvalue weighted by atomic mass is 14.2. The van der Waals surface area contributed by atoms with Gasteiger partial charge < -0.3 is 0 Å². The van der Waals surface area contributed by atoms with Crippen LogP contribution in [0.4, 0.5) is 0 Å². The van der Waals surface area contributed by atoms with Crippen LogP contribution in [0, 0.1) is 26.7 Å². The van der Waals surface area contributed by atoms with Gasteiger partial charge in [-0.15, -0.1) is 0 Å². The van der Waals surface area contributed by atoms with Gasteiger partial charge in [-0.05, 0) is 156 Å². The van der Waals surface area contributed by atoms with Gasteiger partial charge in [0.05, 0.1) is 0 Å². The standard InChI is InChI=1S/C19H16.C19H20.C17H14.C11H14.C2H6/c1-15-10-12-17(13-11-15)19-9-5-8-18(14-19)16-6-3-2-4-7-16;1-15-7-9-17(10-8-15)19-13-11-18(12-14-19)16-5-3-2-4-6-16;1-3-12(2)13-8-9-15-10-14-6-4-5-7-16(14)17(15)11-13;1-4-10(3)11-7-5-9(2)6-8-11;1-2/h2-14H,1H3;3,5-11,13-14,18H,2,4,12H2,1H3;3-9,11H,1-2,10H2;4-8H,1-3H3;1-2H3/b;;;10-4+;. The molecule has 342 valence electrons. The van der Waals surface area contributed by atoms with Crippen molar-refractivity contribution in [1.29, 1.82) is 0 Å². The van der Waals surface area contributed by atoms with E-state index in [1.807, 2.05) is 26.0 Å². The second-order valence-electron chi connectivity index (χ2n) is 17.5. The average molecular weight is 887 g/mol. The Bertz CT molecular complexity index is 2890. The number of hydrogen-bond acceptors (Lipinski definition) is 0. The monoisotopic (exact) mass is 887 g/mol. The molecule has 1 unspecified atom stereocenters. The molecule has 0 aromatic heterocycles. The molecule has 0 amide bonds. The second kappa shape index (κ2) is 25.6. The van der Waals surface area contributed by atoms with Crippen molar-refractivity contribution in [2.24, 2.45) is 5.92 Å². The third kappa shape index (κ3) is 13.9. The van der Waals surface area contributed by atoms with Gasteiger partial charge in [0, 0.05) is 5.92 Å². The molecule has 0 spiro atoms. The minimum atomic E-state index is 0.575. The number of benzene rings is 7. The topological polar surface area (TPSA) is 0 Å². The molecule has 0 bridgehead atoms. The average Bonchev–Trinajstić information content (AvgIpc) is 3.79. The fourth-order valence-corrected chi connectivity index (χ4v) is 8.42. The van der Waals surface area contributed by atoms with Gasteiger partial charge in [-0.2, -0.15) is 0 Å². The summed E-state index contributed by atoms with van der Waals surface area (Å²) in [5, 5.41) is 0. The summed E-state index contributed by atoms with van der Waals surface area (Å²) >= 11 is 0. The zero-order valence-electron chi connectivity index (χ0n) is 41.6. The van der Waals surface area contributed by atoms with E-state index < -0.39 is 0 Å². The van der Waals surface area contributed by atoms with Crippen LogP contribution in [0.2, 0.25) is 0 Å². The lowest BCUT2D eigenvalue weighted by Crippen LogP contribution is -2.03. The predicted molar refractivity (Wildman–Crippen MR) is 301 cm³/mol. The quantitative estimate of drug-likeness (QED) is 0.140. The van der Waals surface area contributed by atoms with Crippen LogP contribution < -0.4 is 0 Å². The van der Waals surface area contributed by atoms with Gasteiger partial charge in [0.15, 0.2) is 0 Å². The van der Waals surface area contributed by atoms with Crippen molar-refractivity contribution in [2.75, 3.05) is 0 Å². The molecule has 10 rings (SSSR count). The van der Waals surface area contributed by atoms with Crippen molar-refractivity contribution < 1.29 is 0 Å². The van der Waals surface area contributed by atoms with E-state index in [0.29, 0.717) is 5.92 Å². The molecule has 7 aromatic rings. The van der Waals surface area contributed by atoms with Crippen molar-refractivity contribution >= 4 is 16.7 Å². The highest BCUT2D eigenvalue weighted by Gasteiger charge is 2.18. The van der Waals surface area contributed by atoms with E-state index in [0.717, 1.165) is 24.0 Å². The summed E-state index contributed by atoms with van der Waals surface area (Å²) in [6, 6.07) is 60.4. The summed E-state index contributed by atoms with van der Waals surface area (Å²) in [5.41, 5.74) is 23.5.